The van der Waals surface area contributed by atoms with Gasteiger partial charge in [-0.3, -0.25) is 9.69 Å². The van der Waals surface area contributed by atoms with Crippen LogP contribution < -0.4 is 9.47 Å². The van der Waals surface area contributed by atoms with Crippen molar-refractivity contribution in [1.29, 1.82) is 0 Å². The molecule has 2 heterocycles. The fourth-order valence-corrected chi connectivity index (χ4v) is 3.70. The Balaban J connectivity index is 1.35. The molecule has 7 nitrogen and oxygen atoms in total. The third-order valence-corrected chi connectivity index (χ3v) is 5.58. The van der Waals surface area contributed by atoms with Crippen LogP contribution in [0.4, 0.5) is 4.39 Å². The standard InChI is InChI=1S/C24H26FN3O4/c1-17-22(16-31-20-8-6-19(25)7-9-20)23(26-32-17)24(29)28-12-10-27(11-13-28)15-18-4-3-5-21(14-18)30-2/h3-9,14H,10-13,15-16H2,1-2H3. The van der Waals surface area contributed by atoms with Crippen LogP contribution in [0.15, 0.2) is 53.1 Å². The monoisotopic (exact) mass is 439 g/mol. The van der Waals surface area contributed by atoms with E-state index in [4.69, 9.17) is 14.0 Å². The molecule has 0 radical (unpaired) electrons. The molecule has 32 heavy (non-hydrogen) atoms. The van der Waals surface area contributed by atoms with Gasteiger partial charge in [0.15, 0.2) is 5.69 Å². The first-order chi connectivity index (χ1) is 15.5. The van der Waals surface area contributed by atoms with Crippen molar-refractivity contribution in [2.45, 2.75) is 20.1 Å². The van der Waals surface area contributed by atoms with Crippen molar-refractivity contribution in [1.82, 2.24) is 15.0 Å². The molecular formula is C24H26FN3O4. The number of ether oxygens (including phenoxy) is 2. The van der Waals surface area contributed by atoms with E-state index < -0.39 is 0 Å². The Labute approximate surface area is 186 Å². The number of methoxy groups -OCH3 is 1. The summed E-state index contributed by atoms with van der Waals surface area (Å²) in [6, 6.07) is 13.8. The Morgan fingerprint density at radius 3 is 2.56 bits per heavy atom. The van der Waals surface area contributed by atoms with E-state index in [1.807, 2.05) is 18.2 Å². The van der Waals surface area contributed by atoms with Gasteiger partial charge in [-0.15, -0.1) is 0 Å². The predicted molar refractivity (Wildman–Crippen MR) is 116 cm³/mol. The lowest BCUT2D eigenvalue weighted by Crippen LogP contribution is -2.48. The largest absolute Gasteiger partial charge is 0.497 e. The molecule has 0 N–H and O–H groups in total. The number of benzene rings is 2. The van der Waals surface area contributed by atoms with Crippen LogP contribution in [0.3, 0.4) is 0 Å². The normalized spacial score (nSPS) is 14.4. The van der Waals surface area contributed by atoms with Crippen molar-refractivity contribution in [3.8, 4) is 11.5 Å². The van der Waals surface area contributed by atoms with Gasteiger partial charge in [0.1, 0.15) is 29.7 Å². The molecule has 0 unspecified atom stereocenters. The molecule has 0 saturated carbocycles. The number of aromatic nitrogens is 1. The van der Waals surface area contributed by atoms with Crippen LogP contribution in [0.2, 0.25) is 0 Å². The molecule has 0 bridgehead atoms. The first kappa shape index (κ1) is 21.8. The summed E-state index contributed by atoms with van der Waals surface area (Å²) in [6.07, 6.45) is 0. The third-order valence-electron chi connectivity index (χ3n) is 5.58. The predicted octanol–water partition coefficient (Wildman–Crippen LogP) is 3.67. The van der Waals surface area contributed by atoms with Gasteiger partial charge in [-0.25, -0.2) is 4.39 Å². The van der Waals surface area contributed by atoms with Crippen LogP contribution in [0, 0.1) is 12.7 Å². The number of hydrogen-bond donors (Lipinski definition) is 0. The molecule has 1 amide bonds. The van der Waals surface area contributed by atoms with Crippen LogP contribution in [0.5, 0.6) is 11.5 Å². The molecule has 1 aromatic heterocycles. The Morgan fingerprint density at radius 1 is 1.09 bits per heavy atom. The summed E-state index contributed by atoms with van der Waals surface area (Å²) in [6.45, 7) is 5.42. The van der Waals surface area contributed by atoms with E-state index in [0.717, 1.165) is 25.4 Å². The van der Waals surface area contributed by atoms with Crippen molar-refractivity contribution < 1.29 is 23.2 Å². The van der Waals surface area contributed by atoms with Crippen LogP contribution in [-0.2, 0) is 13.2 Å². The lowest BCUT2D eigenvalue weighted by atomic mass is 10.1. The van der Waals surface area contributed by atoms with E-state index in [9.17, 15) is 9.18 Å². The highest BCUT2D eigenvalue weighted by Crippen LogP contribution is 2.21. The number of piperazine rings is 1. The van der Waals surface area contributed by atoms with Gasteiger partial charge in [-0.05, 0) is 48.9 Å². The lowest BCUT2D eigenvalue weighted by molar-refractivity contribution is 0.0616. The Bertz CT molecular complexity index is 1060. The average molecular weight is 439 g/mol. The second kappa shape index (κ2) is 9.82. The van der Waals surface area contributed by atoms with Gasteiger partial charge >= 0.3 is 0 Å². The molecule has 1 aliphatic heterocycles. The molecular weight excluding hydrogens is 413 g/mol. The number of carbonyl (C=O) groups excluding carboxylic acids is 1. The van der Waals surface area contributed by atoms with E-state index in [2.05, 4.69) is 16.1 Å². The van der Waals surface area contributed by atoms with Gasteiger partial charge in [0.05, 0.1) is 12.7 Å². The summed E-state index contributed by atoms with van der Waals surface area (Å²) >= 11 is 0. The Hall–Kier alpha value is -3.39. The number of aryl methyl sites for hydroxylation is 1. The van der Waals surface area contributed by atoms with E-state index in [1.54, 1.807) is 31.1 Å². The summed E-state index contributed by atoms with van der Waals surface area (Å²) in [7, 11) is 1.66. The maximum atomic E-state index is 13.1. The second-order valence-electron chi connectivity index (χ2n) is 7.73. The maximum Gasteiger partial charge on any atom is 0.276 e. The molecule has 1 saturated heterocycles. The van der Waals surface area contributed by atoms with Gasteiger partial charge in [-0.2, -0.15) is 0 Å². The summed E-state index contributed by atoms with van der Waals surface area (Å²) in [5, 5.41) is 3.99. The third kappa shape index (κ3) is 5.08. The molecule has 168 valence electrons. The van der Waals surface area contributed by atoms with Gasteiger partial charge in [0, 0.05) is 32.7 Å². The second-order valence-corrected chi connectivity index (χ2v) is 7.73. The molecule has 8 heteroatoms. The zero-order valence-electron chi connectivity index (χ0n) is 18.2. The number of nitrogens with zero attached hydrogens (tertiary/aromatic N) is 3. The highest BCUT2D eigenvalue weighted by atomic mass is 19.1. The molecule has 1 aliphatic rings. The van der Waals surface area contributed by atoms with Crippen LogP contribution in [0.25, 0.3) is 0 Å². The Morgan fingerprint density at radius 2 is 1.84 bits per heavy atom. The highest BCUT2D eigenvalue weighted by molar-refractivity contribution is 5.93. The average Bonchev–Trinajstić information content (AvgIpc) is 3.19. The molecule has 0 spiro atoms. The van der Waals surface area contributed by atoms with Crippen molar-refractivity contribution in [2.24, 2.45) is 0 Å². The van der Waals surface area contributed by atoms with Crippen LogP contribution in [0.1, 0.15) is 27.4 Å². The minimum Gasteiger partial charge on any atom is -0.497 e. The maximum absolute atomic E-state index is 13.1. The van der Waals surface area contributed by atoms with Crippen LogP contribution in [-0.4, -0.2) is 54.2 Å². The summed E-state index contributed by atoms with van der Waals surface area (Å²) in [5.41, 5.74) is 2.06. The SMILES string of the molecule is COc1cccc(CN2CCN(C(=O)c3noc(C)c3COc3ccc(F)cc3)CC2)c1. The number of amides is 1. The number of halogens is 1. The number of hydrogen-bond acceptors (Lipinski definition) is 6. The van der Waals surface area contributed by atoms with Gasteiger partial charge in [0.2, 0.25) is 0 Å². The van der Waals surface area contributed by atoms with Crippen LogP contribution >= 0.6 is 0 Å². The van der Waals surface area contributed by atoms with Gasteiger partial charge < -0.3 is 18.9 Å². The quantitative estimate of drug-likeness (QED) is 0.560. The van der Waals surface area contributed by atoms with E-state index in [1.165, 1.54) is 17.7 Å². The zero-order valence-corrected chi connectivity index (χ0v) is 18.2. The number of carbonyl (C=O) groups is 1. The molecule has 4 rings (SSSR count). The Kier molecular flexibility index (Phi) is 6.70. The van der Waals surface area contributed by atoms with E-state index in [0.29, 0.717) is 30.2 Å². The minimum absolute atomic E-state index is 0.123. The topological polar surface area (TPSA) is 68.0 Å². The number of rotatable bonds is 7. The smallest absolute Gasteiger partial charge is 0.276 e. The van der Waals surface area contributed by atoms with Gasteiger partial charge in [0.25, 0.3) is 5.91 Å². The van der Waals surface area contributed by atoms with Crippen molar-refractivity contribution in [3.05, 3.63) is 76.9 Å². The highest BCUT2D eigenvalue weighted by Gasteiger charge is 2.28. The van der Waals surface area contributed by atoms with Crippen molar-refractivity contribution in [2.75, 3.05) is 33.3 Å². The van der Waals surface area contributed by atoms with E-state index >= 15 is 0 Å². The molecule has 3 aromatic rings. The first-order valence-electron chi connectivity index (χ1n) is 10.5. The zero-order chi connectivity index (χ0) is 22.5. The lowest BCUT2D eigenvalue weighted by Gasteiger charge is -2.34. The summed E-state index contributed by atoms with van der Waals surface area (Å²) < 4.78 is 29.4. The van der Waals surface area contributed by atoms with Gasteiger partial charge in [-0.1, -0.05) is 17.3 Å². The first-order valence-corrected chi connectivity index (χ1v) is 10.5. The molecule has 0 aliphatic carbocycles. The molecule has 2 aromatic carbocycles. The molecule has 0 atom stereocenters. The van der Waals surface area contributed by atoms with Crippen molar-refractivity contribution in [3.63, 3.8) is 0 Å². The van der Waals surface area contributed by atoms with Crippen molar-refractivity contribution >= 4 is 5.91 Å². The summed E-state index contributed by atoms with van der Waals surface area (Å²) in [5.74, 6) is 1.39. The minimum atomic E-state index is -0.333. The fourth-order valence-electron chi connectivity index (χ4n) is 3.70. The molecule has 1 fully saturated rings. The summed E-state index contributed by atoms with van der Waals surface area (Å²) in [4.78, 5) is 17.2. The van der Waals surface area contributed by atoms with E-state index in [-0.39, 0.29) is 24.0 Å². The fraction of sp³-hybridized carbons (Fsp3) is 0.333.